The highest BCUT2D eigenvalue weighted by Gasteiger charge is 2.15. The number of carboxylic acid groups (broad SMARTS) is 1. The van der Waals surface area contributed by atoms with Gasteiger partial charge in [-0.3, -0.25) is 0 Å². The van der Waals surface area contributed by atoms with E-state index < -0.39 is 6.16 Å². The van der Waals surface area contributed by atoms with Crippen LogP contribution in [0.3, 0.4) is 0 Å². The highest BCUT2D eigenvalue weighted by molar-refractivity contribution is 5.74. The van der Waals surface area contributed by atoms with E-state index in [1.807, 2.05) is 6.07 Å². The molecule has 0 aliphatic heterocycles. The number of benzene rings is 2. The number of unbranched alkanes of at least 4 members (excludes halogenated alkanes) is 7. The minimum Gasteiger partial charge on any atom is -0.449 e. The van der Waals surface area contributed by atoms with Crippen molar-refractivity contribution in [2.75, 3.05) is 0 Å². The van der Waals surface area contributed by atoms with Gasteiger partial charge in [0.1, 0.15) is 5.75 Å². The Hall–Kier alpha value is -2.29. The molecule has 3 nitrogen and oxygen atoms in total. The van der Waals surface area contributed by atoms with Crippen molar-refractivity contribution in [2.45, 2.75) is 84.5 Å². The van der Waals surface area contributed by atoms with Gasteiger partial charge >= 0.3 is 6.16 Å². The molecule has 0 saturated carbocycles. The molecule has 0 spiro atoms. The van der Waals surface area contributed by atoms with Gasteiger partial charge in [0.15, 0.2) is 0 Å². The van der Waals surface area contributed by atoms with Crippen LogP contribution in [0.2, 0.25) is 0 Å². The molecular weight excluding hydrogens is 360 g/mol. The van der Waals surface area contributed by atoms with Crippen LogP contribution in [0.4, 0.5) is 4.79 Å². The quantitative estimate of drug-likeness (QED) is 0.212. The van der Waals surface area contributed by atoms with E-state index in [2.05, 4.69) is 44.2 Å². The first kappa shape index (κ1) is 23.0. The van der Waals surface area contributed by atoms with Crippen LogP contribution in [0.5, 0.6) is 5.75 Å². The maximum Gasteiger partial charge on any atom is 0.511 e. The normalized spacial score (nSPS) is 10.8. The molecule has 0 heterocycles. The number of hydrogen-bond donors (Lipinski definition) is 1. The average Bonchev–Trinajstić information content (AvgIpc) is 2.71. The number of ether oxygens (including phenoxy) is 1. The molecule has 2 aromatic carbocycles. The molecule has 0 radical (unpaired) electrons. The summed E-state index contributed by atoms with van der Waals surface area (Å²) in [6.07, 6.45) is 11.7. The van der Waals surface area contributed by atoms with Crippen LogP contribution >= 0.6 is 0 Å². The van der Waals surface area contributed by atoms with E-state index in [1.165, 1.54) is 56.1 Å². The van der Waals surface area contributed by atoms with Gasteiger partial charge in [-0.1, -0.05) is 102 Å². The first-order valence-corrected chi connectivity index (χ1v) is 11.3. The zero-order valence-corrected chi connectivity index (χ0v) is 18.1. The van der Waals surface area contributed by atoms with Crippen LogP contribution in [0.1, 0.15) is 82.8 Å². The molecule has 0 aliphatic carbocycles. The summed E-state index contributed by atoms with van der Waals surface area (Å²) >= 11 is 0. The van der Waals surface area contributed by atoms with Gasteiger partial charge in [0.05, 0.1) is 0 Å². The summed E-state index contributed by atoms with van der Waals surface area (Å²) in [6, 6.07) is 14.2. The van der Waals surface area contributed by atoms with Crippen LogP contribution in [0.25, 0.3) is 11.1 Å². The molecular formula is C26H36O3. The maximum absolute atomic E-state index is 11.2. The van der Waals surface area contributed by atoms with Gasteiger partial charge in [-0.05, 0) is 42.0 Å². The Morgan fingerprint density at radius 3 is 2.10 bits per heavy atom. The zero-order chi connectivity index (χ0) is 20.9. The first-order valence-electron chi connectivity index (χ1n) is 11.3. The second kappa shape index (κ2) is 13.0. The fourth-order valence-electron chi connectivity index (χ4n) is 3.97. The Kier molecular flexibility index (Phi) is 10.3. The molecule has 0 fully saturated rings. The number of rotatable bonds is 13. The molecule has 0 aliphatic rings. The Morgan fingerprint density at radius 2 is 1.41 bits per heavy atom. The Labute approximate surface area is 176 Å². The van der Waals surface area contributed by atoms with Crippen molar-refractivity contribution in [2.24, 2.45) is 0 Å². The molecule has 0 amide bonds. The van der Waals surface area contributed by atoms with Crippen LogP contribution < -0.4 is 4.74 Å². The molecule has 0 unspecified atom stereocenters. The van der Waals surface area contributed by atoms with E-state index >= 15 is 0 Å². The summed E-state index contributed by atoms with van der Waals surface area (Å²) in [5, 5.41) is 9.18. The van der Waals surface area contributed by atoms with Crippen LogP contribution in [0, 0.1) is 0 Å². The van der Waals surface area contributed by atoms with Crippen molar-refractivity contribution in [1.82, 2.24) is 0 Å². The molecule has 3 heteroatoms. The lowest BCUT2D eigenvalue weighted by Gasteiger charge is -2.16. The van der Waals surface area contributed by atoms with E-state index in [4.69, 9.17) is 4.74 Å². The van der Waals surface area contributed by atoms with Crippen molar-refractivity contribution in [3.8, 4) is 16.9 Å². The molecule has 1 N–H and O–H groups in total. The molecule has 158 valence electrons. The van der Waals surface area contributed by atoms with Crippen LogP contribution in [0.15, 0.2) is 42.5 Å². The number of aryl methyl sites for hydroxylation is 1. The van der Waals surface area contributed by atoms with Gasteiger partial charge in [0, 0.05) is 5.56 Å². The lowest BCUT2D eigenvalue weighted by molar-refractivity contribution is 0.144. The Morgan fingerprint density at radius 1 is 0.759 bits per heavy atom. The smallest absolute Gasteiger partial charge is 0.449 e. The fourth-order valence-corrected chi connectivity index (χ4v) is 3.97. The summed E-state index contributed by atoms with van der Waals surface area (Å²) < 4.78 is 5.15. The van der Waals surface area contributed by atoms with Gasteiger partial charge < -0.3 is 9.84 Å². The second-order valence-electron chi connectivity index (χ2n) is 7.78. The van der Waals surface area contributed by atoms with Crippen molar-refractivity contribution < 1.29 is 14.6 Å². The Bertz CT molecular complexity index is 751. The highest BCUT2D eigenvalue weighted by Crippen LogP contribution is 2.34. The van der Waals surface area contributed by atoms with Crippen LogP contribution in [-0.4, -0.2) is 11.3 Å². The lowest BCUT2D eigenvalue weighted by Crippen LogP contribution is -2.06. The SMILES string of the molecule is CCCCCCCCCCc1c(OC(=O)O)cccc1-c1ccccc1CCC. The van der Waals surface area contributed by atoms with E-state index in [0.717, 1.165) is 36.8 Å². The summed E-state index contributed by atoms with van der Waals surface area (Å²) in [7, 11) is 0. The minimum absolute atomic E-state index is 0.476. The topological polar surface area (TPSA) is 46.5 Å². The summed E-state index contributed by atoms with van der Waals surface area (Å²) in [5.74, 6) is 0.476. The summed E-state index contributed by atoms with van der Waals surface area (Å²) in [5.41, 5.74) is 4.62. The third-order valence-electron chi connectivity index (χ3n) is 5.44. The molecule has 0 bridgehead atoms. The average molecular weight is 397 g/mol. The molecule has 0 saturated heterocycles. The molecule has 2 aromatic rings. The van der Waals surface area contributed by atoms with Crippen molar-refractivity contribution in [3.63, 3.8) is 0 Å². The van der Waals surface area contributed by atoms with E-state index in [1.54, 1.807) is 6.07 Å². The molecule has 0 atom stereocenters. The van der Waals surface area contributed by atoms with E-state index in [9.17, 15) is 9.90 Å². The third-order valence-corrected chi connectivity index (χ3v) is 5.44. The monoisotopic (exact) mass is 396 g/mol. The van der Waals surface area contributed by atoms with Gasteiger partial charge in [-0.15, -0.1) is 0 Å². The van der Waals surface area contributed by atoms with E-state index in [-0.39, 0.29) is 0 Å². The van der Waals surface area contributed by atoms with Crippen molar-refractivity contribution in [1.29, 1.82) is 0 Å². The Balaban J connectivity index is 2.15. The maximum atomic E-state index is 11.2. The van der Waals surface area contributed by atoms with Crippen LogP contribution in [-0.2, 0) is 12.8 Å². The standard InChI is InChI=1S/C26H36O3/c1-3-5-6-7-8-9-10-11-18-24-23(19-14-20-25(24)29-26(27)28)22-17-13-12-16-21(22)15-4-2/h12-14,16-17,19-20H,3-11,15,18H2,1-2H3,(H,27,28). The lowest BCUT2D eigenvalue weighted by atomic mass is 9.90. The second-order valence-corrected chi connectivity index (χ2v) is 7.78. The molecule has 2 rings (SSSR count). The number of hydrogen-bond acceptors (Lipinski definition) is 2. The first-order chi connectivity index (χ1) is 14.2. The van der Waals surface area contributed by atoms with E-state index in [0.29, 0.717) is 5.75 Å². The third kappa shape index (κ3) is 7.56. The van der Waals surface area contributed by atoms with Crippen molar-refractivity contribution >= 4 is 6.16 Å². The minimum atomic E-state index is -1.25. The summed E-state index contributed by atoms with van der Waals surface area (Å²) in [4.78, 5) is 11.2. The fraction of sp³-hybridized carbons (Fsp3) is 0.500. The number of carbonyl (C=O) groups is 1. The molecule has 29 heavy (non-hydrogen) atoms. The van der Waals surface area contributed by atoms with Gasteiger partial charge in [-0.2, -0.15) is 0 Å². The zero-order valence-electron chi connectivity index (χ0n) is 18.1. The molecule has 0 aromatic heterocycles. The van der Waals surface area contributed by atoms with Gasteiger partial charge in [0.2, 0.25) is 0 Å². The van der Waals surface area contributed by atoms with Crippen molar-refractivity contribution in [3.05, 3.63) is 53.6 Å². The van der Waals surface area contributed by atoms with Gasteiger partial charge in [-0.25, -0.2) is 4.79 Å². The van der Waals surface area contributed by atoms with Gasteiger partial charge in [0.25, 0.3) is 0 Å². The summed E-state index contributed by atoms with van der Waals surface area (Å²) in [6.45, 7) is 4.43. The predicted octanol–water partition coefficient (Wildman–Crippen LogP) is 8.05. The predicted molar refractivity (Wildman–Crippen MR) is 121 cm³/mol. The largest absolute Gasteiger partial charge is 0.511 e. The highest BCUT2D eigenvalue weighted by atomic mass is 16.7.